The Balaban J connectivity index is 1.95. The average Bonchev–Trinajstić information content (AvgIpc) is 3.00. The summed E-state index contributed by atoms with van der Waals surface area (Å²) in [5.74, 6) is 0.0214. The van der Waals surface area contributed by atoms with E-state index in [4.69, 9.17) is 4.74 Å². The molecule has 1 aromatic carbocycles. The van der Waals surface area contributed by atoms with Gasteiger partial charge in [0.2, 0.25) is 15.9 Å². The first-order valence-corrected chi connectivity index (χ1v) is 9.87. The van der Waals surface area contributed by atoms with Gasteiger partial charge < -0.3 is 9.64 Å². The third-order valence-corrected chi connectivity index (χ3v) is 6.69. The summed E-state index contributed by atoms with van der Waals surface area (Å²) in [4.78, 5) is 14.8. The molecule has 24 heavy (non-hydrogen) atoms. The standard InChI is InChI=1S/C17H24N2O4S/c1-2-10-19-16(20)8-11-18(13-17(19)9-12-23-14-17)24(21,22)15-6-4-3-5-7-15/h3-7H,2,8-14H2,1H3. The summed E-state index contributed by atoms with van der Waals surface area (Å²) in [5, 5.41) is 0. The Bertz CT molecular complexity index is 684. The van der Waals surface area contributed by atoms with Crippen LogP contribution in [0.15, 0.2) is 35.2 Å². The lowest BCUT2D eigenvalue weighted by Gasteiger charge is -2.40. The third-order valence-electron chi connectivity index (χ3n) is 4.83. The molecule has 2 heterocycles. The molecular weight excluding hydrogens is 328 g/mol. The van der Waals surface area contributed by atoms with Crippen LogP contribution < -0.4 is 0 Å². The molecule has 0 N–H and O–H groups in total. The molecule has 1 spiro atoms. The Morgan fingerprint density at radius 3 is 2.62 bits per heavy atom. The molecule has 0 radical (unpaired) electrons. The maximum atomic E-state index is 13.0. The van der Waals surface area contributed by atoms with E-state index < -0.39 is 15.6 Å². The molecule has 0 aromatic heterocycles. The zero-order chi connectivity index (χ0) is 17.2. The Labute approximate surface area is 143 Å². The Morgan fingerprint density at radius 2 is 2.00 bits per heavy atom. The van der Waals surface area contributed by atoms with E-state index in [1.54, 1.807) is 30.3 Å². The molecule has 3 rings (SSSR count). The van der Waals surface area contributed by atoms with Gasteiger partial charge in [-0.15, -0.1) is 0 Å². The van der Waals surface area contributed by atoms with Gasteiger partial charge in [-0.2, -0.15) is 4.31 Å². The summed E-state index contributed by atoms with van der Waals surface area (Å²) in [6.07, 6.45) is 1.74. The maximum absolute atomic E-state index is 13.0. The summed E-state index contributed by atoms with van der Waals surface area (Å²) >= 11 is 0. The van der Waals surface area contributed by atoms with Crippen molar-refractivity contribution in [3.63, 3.8) is 0 Å². The van der Waals surface area contributed by atoms with Crippen molar-refractivity contribution in [2.75, 3.05) is 32.8 Å². The van der Waals surface area contributed by atoms with Gasteiger partial charge in [-0.3, -0.25) is 4.79 Å². The summed E-state index contributed by atoms with van der Waals surface area (Å²) in [6.45, 7) is 4.15. The number of hydrogen-bond acceptors (Lipinski definition) is 4. The van der Waals surface area contributed by atoms with E-state index in [9.17, 15) is 13.2 Å². The van der Waals surface area contributed by atoms with Crippen LogP contribution in [0.3, 0.4) is 0 Å². The van der Waals surface area contributed by atoms with Gasteiger partial charge in [0.25, 0.3) is 0 Å². The number of benzene rings is 1. The fourth-order valence-corrected chi connectivity index (χ4v) is 5.12. The quantitative estimate of drug-likeness (QED) is 0.823. The number of amides is 1. The molecule has 0 aliphatic carbocycles. The van der Waals surface area contributed by atoms with Gasteiger partial charge in [0.15, 0.2) is 0 Å². The number of ether oxygens (including phenoxy) is 1. The molecule has 0 saturated carbocycles. The third kappa shape index (κ3) is 3.08. The van der Waals surface area contributed by atoms with Crippen LogP contribution >= 0.6 is 0 Å². The van der Waals surface area contributed by atoms with Crippen LogP contribution in [-0.2, 0) is 19.6 Å². The van der Waals surface area contributed by atoms with Crippen LogP contribution in [0.25, 0.3) is 0 Å². The summed E-state index contributed by atoms with van der Waals surface area (Å²) in [6, 6.07) is 8.43. The number of rotatable bonds is 4. The highest BCUT2D eigenvalue weighted by Crippen LogP contribution is 2.33. The maximum Gasteiger partial charge on any atom is 0.243 e. The van der Waals surface area contributed by atoms with Crippen molar-refractivity contribution in [1.82, 2.24) is 9.21 Å². The highest BCUT2D eigenvalue weighted by atomic mass is 32.2. The topological polar surface area (TPSA) is 66.9 Å². The van der Waals surface area contributed by atoms with E-state index in [2.05, 4.69) is 0 Å². The largest absolute Gasteiger partial charge is 0.379 e. The minimum absolute atomic E-state index is 0.0214. The second-order valence-electron chi connectivity index (χ2n) is 6.47. The van der Waals surface area contributed by atoms with E-state index >= 15 is 0 Å². The van der Waals surface area contributed by atoms with Crippen LogP contribution in [0.2, 0.25) is 0 Å². The van der Waals surface area contributed by atoms with Crippen molar-refractivity contribution in [3.05, 3.63) is 30.3 Å². The summed E-state index contributed by atoms with van der Waals surface area (Å²) in [5.41, 5.74) is -0.536. The van der Waals surface area contributed by atoms with Gasteiger partial charge in [0, 0.05) is 32.7 Å². The smallest absolute Gasteiger partial charge is 0.243 e. The SMILES string of the molecule is CCCN1C(=O)CCN(S(=O)(=O)c2ccccc2)CC12CCOC2. The second kappa shape index (κ2) is 6.82. The summed E-state index contributed by atoms with van der Waals surface area (Å²) in [7, 11) is -3.61. The van der Waals surface area contributed by atoms with Crippen molar-refractivity contribution in [2.24, 2.45) is 0 Å². The van der Waals surface area contributed by atoms with Crippen molar-refractivity contribution in [1.29, 1.82) is 0 Å². The minimum Gasteiger partial charge on any atom is -0.379 e. The average molecular weight is 352 g/mol. The zero-order valence-electron chi connectivity index (χ0n) is 14.0. The second-order valence-corrected chi connectivity index (χ2v) is 8.41. The van der Waals surface area contributed by atoms with Crippen molar-refractivity contribution >= 4 is 15.9 Å². The highest BCUT2D eigenvalue weighted by Gasteiger charge is 2.48. The highest BCUT2D eigenvalue weighted by molar-refractivity contribution is 7.89. The molecule has 2 fully saturated rings. The molecule has 7 heteroatoms. The lowest BCUT2D eigenvalue weighted by atomic mass is 9.96. The van der Waals surface area contributed by atoms with Gasteiger partial charge in [-0.05, 0) is 25.0 Å². The van der Waals surface area contributed by atoms with Crippen molar-refractivity contribution in [2.45, 2.75) is 36.6 Å². The molecule has 132 valence electrons. The number of hydrogen-bond donors (Lipinski definition) is 0. The molecule has 1 amide bonds. The van der Waals surface area contributed by atoms with E-state index in [-0.39, 0.29) is 23.8 Å². The lowest BCUT2D eigenvalue weighted by molar-refractivity contribution is -0.136. The van der Waals surface area contributed by atoms with Crippen LogP contribution in [0.4, 0.5) is 0 Å². The number of carbonyl (C=O) groups excluding carboxylic acids is 1. The molecule has 2 saturated heterocycles. The first-order valence-electron chi connectivity index (χ1n) is 8.43. The number of nitrogens with zero attached hydrogens (tertiary/aromatic N) is 2. The van der Waals surface area contributed by atoms with Crippen LogP contribution in [0.1, 0.15) is 26.2 Å². The predicted molar refractivity (Wildman–Crippen MR) is 90.0 cm³/mol. The van der Waals surface area contributed by atoms with Gasteiger partial charge in [-0.1, -0.05) is 25.1 Å². The number of carbonyl (C=O) groups is 1. The van der Waals surface area contributed by atoms with Gasteiger partial charge in [0.1, 0.15) is 0 Å². The fraction of sp³-hybridized carbons (Fsp3) is 0.588. The van der Waals surface area contributed by atoms with Crippen LogP contribution in [-0.4, -0.2) is 61.9 Å². The Hall–Kier alpha value is -1.44. The molecule has 0 bridgehead atoms. The van der Waals surface area contributed by atoms with Gasteiger partial charge in [0.05, 0.1) is 17.0 Å². The van der Waals surface area contributed by atoms with E-state index in [0.29, 0.717) is 32.7 Å². The predicted octanol–water partition coefficient (Wildman–Crippen LogP) is 1.48. The van der Waals surface area contributed by atoms with Crippen molar-refractivity contribution in [3.8, 4) is 0 Å². The van der Waals surface area contributed by atoms with Crippen LogP contribution in [0, 0.1) is 0 Å². The molecular formula is C17H24N2O4S. The first-order chi connectivity index (χ1) is 11.5. The van der Waals surface area contributed by atoms with Gasteiger partial charge >= 0.3 is 0 Å². The monoisotopic (exact) mass is 352 g/mol. The molecule has 2 aliphatic heterocycles. The van der Waals surface area contributed by atoms with E-state index in [0.717, 1.165) is 6.42 Å². The van der Waals surface area contributed by atoms with Crippen molar-refractivity contribution < 1.29 is 17.9 Å². The first kappa shape index (κ1) is 17.4. The lowest BCUT2D eigenvalue weighted by Crippen LogP contribution is -2.57. The van der Waals surface area contributed by atoms with Crippen LogP contribution in [0.5, 0.6) is 0 Å². The Kier molecular flexibility index (Phi) is 4.94. The van der Waals surface area contributed by atoms with E-state index in [1.165, 1.54) is 4.31 Å². The fourth-order valence-electron chi connectivity index (χ4n) is 3.58. The molecule has 1 unspecified atom stereocenters. The van der Waals surface area contributed by atoms with E-state index in [1.807, 2.05) is 11.8 Å². The normalized spacial score (nSPS) is 26.0. The zero-order valence-corrected chi connectivity index (χ0v) is 14.8. The molecule has 2 aliphatic rings. The summed E-state index contributed by atoms with van der Waals surface area (Å²) < 4.78 is 33.0. The molecule has 1 aromatic rings. The molecule has 6 nitrogen and oxygen atoms in total. The van der Waals surface area contributed by atoms with Gasteiger partial charge in [-0.25, -0.2) is 8.42 Å². The number of sulfonamides is 1. The molecule has 1 atom stereocenters. The Morgan fingerprint density at radius 1 is 1.25 bits per heavy atom. The minimum atomic E-state index is -3.61.